The molecule has 0 saturated heterocycles. The van der Waals surface area contributed by atoms with Crippen molar-refractivity contribution in [3.8, 4) is 11.3 Å². The summed E-state index contributed by atoms with van der Waals surface area (Å²) in [6, 6.07) is 14.1. The Morgan fingerprint density at radius 3 is 2.62 bits per heavy atom. The maximum atomic E-state index is 14.0. The predicted molar refractivity (Wildman–Crippen MR) is 134 cm³/mol. The Hall–Kier alpha value is -4.60. The van der Waals surface area contributed by atoms with Crippen molar-refractivity contribution in [3.05, 3.63) is 93.5 Å². The minimum Gasteiger partial charge on any atom is -0.478 e. The molecule has 3 heterocycles. The summed E-state index contributed by atoms with van der Waals surface area (Å²) >= 11 is 0. The fourth-order valence-electron chi connectivity index (χ4n) is 4.34. The van der Waals surface area contributed by atoms with Crippen LogP contribution in [0.1, 0.15) is 47.2 Å². The maximum Gasteiger partial charge on any atom is 0.337 e. The summed E-state index contributed by atoms with van der Waals surface area (Å²) in [6.45, 7) is 4.41. The molecule has 0 fully saturated rings. The highest BCUT2D eigenvalue weighted by Crippen LogP contribution is 2.32. The van der Waals surface area contributed by atoms with Crippen LogP contribution in [-0.4, -0.2) is 25.7 Å². The van der Waals surface area contributed by atoms with Gasteiger partial charge in [0.15, 0.2) is 11.1 Å². The Labute approximate surface area is 209 Å². The van der Waals surface area contributed by atoms with Gasteiger partial charge in [-0.05, 0) is 49.7 Å². The smallest absolute Gasteiger partial charge is 0.337 e. The van der Waals surface area contributed by atoms with E-state index in [1.807, 2.05) is 19.9 Å². The molecule has 0 radical (unpaired) electrons. The number of aromatic nitrogens is 3. The second kappa shape index (κ2) is 8.81. The highest BCUT2D eigenvalue weighted by atomic mass is 19.3. The summed E-state index contributed by atoms with van der Waals surface area (Å²) in [5.74, 6) is -4.64. The van der Waals surface area contributed by atoms with E-state index in [2.05, 4.69) is 15.5 Å². The van der Waals surface area contributed by atoms with E-state index in [-0.39, 0.29) is 22.4 Å². The molecule has 2 N–H and O–H groups in total. The Kier molecular flexibility index (Phi) is 5.74. The lowest BCUT2D eigenvalue weighted by Gasteiger charge is -2.19. The van der Waals surface area contributed by atoms with Gasteiger partial charge in [-0.25, -0.2) is 4.79 Å². The number of alkyl halides is 2. The van der Waals surface area contributed by atoms with Gasteiger partial charge in [0, 0.05) is 36.0 Å². The van der Waals surface area contributed by atoms with Crippen molar-refractivity contribution < 1.29 is 23.1 Å². The van der Waals surface area contributed by atoms with Crippen molar-refractivity contribution in [1.29, 1.82) is 0 Å². The molecule has 0 spiro atoms. The van der Waals surface area contributed by atoms with Gasteiger partial charge in [0.05, 0.1) is 17.0 Å². The number of anilines is 1. The van der Waals surface area contributed by atoms with Crippen molar-refractivity contribution in [2.75, 3.05) is 5.32 Å². The van der Waals surface area contributed by atoms with Gasteiger partial charge in [0.1, 0.15) is 11.3 Å². The van der Waals surface area contributed by atoms with Gasteiger partial charge in [-0.1, -0.05) is 18.2 Å². The van der Waals surface area contributed by atoms with Crippen molar-refractivity contribution in [3.63, 3.8) is 0 Å². The first-order valence-electron chi connectivity index (χ1n) is 11.4. The molecule has 5 aromatic rings. The molecule has 5 rings (SSSR count). The number of hydrogen-bond donors (Lipinski definition) is 2. The number of aryl methyl sites for hydroxylation is 1. The van der Waals surface area contributed by atoms with Crippen molar-refractivity contribution in [1.82, 2.24) is 14.6 Å². The first-order valence-corrected chi connectivity index (χ1v) is 11.4. The van der Waals surface area contributed by atoms with E-state index >= 15 is 0 Å². The van der Waals surface area contributed by atoms with Crippen molar-refractivity contribution >= 4 is 28.3 Å². The standard InChI is InChI=1S/C27H22F2N4O4/c1-14-10-18(15(2)30-20-7-5-4-6-17(20)25(35)36)24-19(11-14)21(34)12-22(37-24)16-8-9-23-31-32-26(27(3,28)29)33(23)13-16/h4-13,15,30H,1-3H3,(H,35,36). The fraction of sp³-hybridized carbons (Fsp3) is 0.185. The van der Waals surface area contributed by atoms with Gasteiger partial charge in [-0.2, -0.15) is 8.78 Å². The van der Waals surface area contributed by atoms with E-state index in [1.165, 1.54) is 28.8 Å². The Bertz CT molecular complexity index is 1740. The van der Waals surface area contributed by atoms with Crippen LogP contribution in [0, 0.1) is 6.92 Å². The number of carbonyl (C=O) groups is 1. The van der Waals surface area contributed by atoms with Crippen LogP contribution in [-0.2, 0) is 5.92 Å². The van der Waals surface area contributed by atoms with Gasteiger partial charge >= 0.3 is 11.9 Å². The third-order valence-corrected chi connectivity index (χ3v) is 6.08. The van der Waals surface area contributed by atoms with Crippen molar-refractivity contribution in [2.24, 2.45) is 0 Å². The molecule has 188 valence electrons. The van der Waals surface area contributed by atoms with Crippen LogP contribution in [0.3, 0.4) is 0 Å². The Morgan fingerprint density at radius 2 is 1.89 bits per heavy atom. The second-order valence-electron chi connectivity index (χ2n) is 8.98. The molecule has 0 aliphatic heterocycles. The van der Waals surface area contributed by atoms with Crippen LogP contribution in [0.5, 0.6) is 0 Å². The van der Waals surface area contributed by atoms with E-state index in [0.717, 1.165) is 12.5 Å². The summed E-state index contributed by atoms with van der Waals surface area (Å²) in [5.41, 5.74) is 2.62. The van der Waals surface area contributed by atoms with Gasteiger partial charge in [-0.15, -0.1) is 10.2 Å². The number of pyridine rings is 1. The highest BCUT2D eigenvalue weighted by molar-refractivity contribution is 5.94. The fourth-order valence-corrected chi connectivity index (χ4v) is 4.34. The number of carboxylic acids is 1. The molecule has 0 aliphatic carbocycles. The third-order valence-electron chi connectivity index (χ3n) is 6.08. The van der Waals surface area contributed by atoms with Gasteiger partial charge in [0.25, 0.3) is 0 Å². The predicted octanol–water partition coefficient (Wildman–Crippen LogP) is 5.79. The molecule has 1 atom stereocenters. The zero-order valence-corrected chi connectivity index (χ0v) is 20.1. The molecule has 1 unspecified atom stereocenters. The molecule has 0 bridgehead atoms. The van der Waals surface area contributed by atoms with Crippen LogP contribution in [0.25, 0.3) is 27.9 Å². The molecule has 0 saturated carbocycles. The van der Waals surface area contributed by atoms with Gasteiger partial charge in [0.2, 0.25) is 5.82 Å². The second-order valence-corrected chi connectivity index (χ2v) is 8.98. The molecule has 37 heavy (non-hydrogen) atoms. The molecule has 3 aromatic heterocycles. The van der Waals surface area contributed by atoms with Crippen LogP contribution in [0.2, 0.25) is 0 Å². The van der Waals surface area contributed by atoms with Crippen LogP contribution in [0.4, 0.5) is 14.5 Å². The molecular formula is C27H22F2N4O4. The number of benzene rings is 2. The Balaban J connectivity index is 1.65. The number of aromatic carboxylic acids is 1. The van der Waals surface area contributed by atoms with Crippen LogP contribution >= 0.6 is 0 Å². The summed E-state index contributed by atoms with van der Waals surface area (Å²) in [4.78, 5) is 24.8. The minimum atomic E-state index is -3.22. The summed E-state index contributed by atoms with van der Waals surface area (Å²) in [6.07, 6.45) is 1.41. The topological polar surface area (TPSA) is 110 Å². The molecule has 0 amide bonds. The summed E-state index contributed by atoms with van der Waals surface area (Å²) in [7, 11) is 0. The van der Waals surface area contributed by atoms with E-state index < -0.39 is 23.8 Å². The third kappa shape index (κ3) is 4.42. The molecular weight excluding hydrogens is 482 g/mol. The average molecular weight is 504 g/mol. The maximum absolute atomic E-state index is 14.0. The average Bonchev–Trinajstić information content (AvgIpc) is 3.28. The normalized spacial score (nSPS) is 12.7. The van der Waals surface area contributed by atoms with E-state index in [1.54, 1.807) is 30.3 Å². The molecule has 2 aromatic carbocycles. The van der Waals surface area contributed by atoms with Crippen LogP contribution in [0.15, 0.2) is 70.0 Å². The number of para-hydroxylation sites is 1. The van der Waals surface area contributed by atoms with Gasteiger partial charge < -0.3 is 14.8 Å². The number of fused-ring (bicyclic) bond motifs is 2. The zero-order chi connectivity index (χ0) is 26.5. The van der Waals surface area contributed by atoms with E-state index in [9.17, 15) is 23.5 Å². The zero-order valence-electron chi connectivity index (χ0n) is 20.1. The lowest BCUT2D eigenvalue weighted by molar-refractivity contribution is 0.00667. The monoisotopic (exact) mass is 504 g/mol. The lowest BCUT2D eigenvalue weighted by atomic mass is 10.00. The first kappa shape index (κ1) is 24.1. The Morgan fingerprint density at radius 1 is 1.14 bits per heavy atom. The van der Waals surface area contributed by atoms with Gasteiger partial charge in [-0.3, -0.25) is 9.20 Å². The number of carboxylic acid groups (broad SMARTS) is 1. The first-order chi connectivity index (χ1) is 17.5. The molecule has 0 aliphatic rings. The molecule has 8 nitrogen and oxygen atoms in total. The van der Waals surface area contributed by atoms with E-state index in [4.69, 9.17) is 4.42 Å². The number of nitrogens with one attached hydrogen (secondary N) is 1. The highest BCUT2D eigenvalue weighted by Gasteiger charge is 2.31. The van der Waals surface area contributed by atoms with Crippen molar-refractivity contribution in [2.45, 2.75) is 32.7 Å². The minimum absolute atomic E-state index is 0.110. The number of nitrogens with zero attached hydrogens (tertiary/aromatic N) is 3. The van der Waals surface area contributed by atoms with Crippen LogP contribution < -0.4 is 10.7 Å². The lowest BCUT2D eigenvalue weighted by Crippen LogP contribution is -2.13. The number of rotatable bonds is 6. The summed E-state index contributed by atoms with van der Waals surface area (Å²) in [5, 5.41) is 20.5. The van der Waals surface area contributed by atoms with E-state index in [0.29, 0.717) is 27.8 Å². The number of hydrogen-bond acceptors (Lipinski definition) is 6. The largest absolute Gasteiger partial charge is 0.478 e. The SMILES string of the molecule is Cc1cc(C(C)Nc2ccccc2C(=O)O)c2oc(-c3ccc4nnc(C(C)(F)F)n4c3)cc(=O)c2c1. The number of halogens is 2. The quantitative estimate of drug-likeness (QED) is 0.301. The summed E-state index contributed by atoms with van der Waals surface area (Å²) < 4.78 is 35.4. The molecule has 10 heteroatoms.